The molecule has 0 saturated heterocycles. The highest BCUT2D eigenvalue weighted by Crippen LogP contribution is 2.33. The van der Waals surface area contributed by atoms with Crippen LogP contribution >= 0.6 is 11.6 Å². The zero-order chi connectivity index (χ0) is 13.8. The second kappa shape index (κ2) is 5.53. The van der Waals surface area contributed by atoms with Crippen molar-refractivity contribution < 1.29 is 9.66 Å². The quantitative estimate of drug-likeness (QED) is 0.685. The Balaban J connectivity index is 2.36. The zero-order valence-electron chi connectivity index (χ0n) is 9.96. The molecule has 2 rings (SSSR count). The number of benzene rings is 1. The number of hydrogen-bond acceptors (Lipinski definition) is 5. The Kier molecular flexibility index (Phi) is 3.82. The van der Waals surface area contributed by atoms with Crippen LogP contribution < -0.4 is 10.1 Å². The Hall–Kier alpha value is -2.34. The maximum atomic E-state index is 10.9. The van der Waals surface area contributed by atoms with Crippen molar-refractivity contribution in [2.24, 2.45) is 0 Å². The summed E-state index contributed by atoms with van der Waals surface area (Å²) in [5.41, 5.74) is -0.146. The molecule has 1 N–H and O–H groups in total. The van der Waals surface area contributed by atoms with Gasteiger partial charge in [-0.05, 0) is 12.1 Å². The number of ether oxygens (including phenoxy) is 1. The molecular formula is C12H10ClN3O3. The Morgan fingerprint density at radius 1 is 1.37 bits per heavy atom. The number of pyridine rings is 1. The molecule has 0 aliphatic carbocycles. The summed E-state index contributed by atoms with van der Waals surface area (Å²) >= 11 is 5.82. The second-order valence-corrected chi connectivity index (χ2v) is 4.03. The molecule has 2 aromatic rings. The van der Waals surface area contributed by atoms with Gasteiger partial charge in [0.05, 0.1) is 4.92 Å². The Labute approximate surface area is 114 Å². The first-order valence-electron chi connectivity index (χ1n) is 5.36. The van der Waals surface area contributed by atoms with Crippen molar-refractivity contribution in [2.45, 2.75) is 0 Å². The van der Waals surface area contributed by atoms with E-state index in [1.165, 1.54) is 24.4 Å². The van der Waals surface area contributed by atoms with Crippen LogP contribution in [0, 0.1) is 10.1 Å². The van der Waals surface area contributed by atoms with E-state index in [2.05, 4.69) is 10.3 Å². The highest BCUT2D eigenvalue weighted by molar-refractivity contribution is 6.30. The number of hydrogen-bond donors (Lipinski definition) is 1. The van der Waals surface area contributed by atoms with Gasteiger partial charge in [-0.15, -0.1) is 0 Å². The summed E-state index contributed by atoms with van der Waals surface area (Å²) in [4.78, 5) is 14.4. The van der Waals surface area contributed by atoms with Crippen molar-refractivity contribution in [3.05, 3.63) is 51.7 Å². The molecule has 0 atom stereocenters. The molecule has 0 aliphatic heterocycles. The minimum atomic E-state index is -0.522. The van der Waals surface area contributed by atoms with Crippen LogP contribution in [0.3, 0.4) is 0 Å². The fourth-order valence-electron chi connectivity index (χ4n) is 1.46. The minimum absolute atomic E-state index is 0.0887. The number of halogens is 1. The molecule has 7 heteroatoms. The van der Waals surface area contributed by atoms with Gasteiger partial charge in [0.25, 0.3) is 0 Å². The molecule has 0 amide bonds. The van der Waals surface area contributed by atoms with Gasteiger partial charge in [0.1, 0.15) is 11.6 Å². The van der Waals surface area contributed by atoms with Crippen LogP contribution in [-0.2, 0) is 0 Å². The van der Waals surface area contributed by atoms with Crippen LogP contribution in [0.1, 0.15) is 0 Å². The number of nitrogens with one attached hydrogen (secondary N) is 1. The third-order valence-electron chi connectivity index (χ3n) is 2.33. The molecule has 0 bridgehead atoms. The summed E-state index contributed by atoms with van der Waals surface area (Å²) < 4.78 is 5.49. The summed E-state index contributed by atoms with van der Waals surface area (Å²) in [5.74, 6) is 1.12. The fraction of sp³-hybridized carbons (Fsp3) is 0.0833. The van der Waals surface area contributed by atoms with Crippen molar-refractivity contribution in [1.82, 2.24) is 4.98 Å². The SMILES string of the molecule is CNc1cc(Oc2cc(Cl)ccc2[N+](=O)[O-])ccn1. The van der Waals surface area contributed by atoms with Crippen molar-refractivity contribution in [3.63, 3.8) is 0 Å². The first kappa shape index (κ1) is 13.1. The van der Waals surface area contributed by atoms with Crippen molar-refractivity contribution in [3.8, 4) is 11.5 Å². The van der Waals surface area contributed by atoms with Crippen LogP contribution in [0.25, 0.3) is 0 Å². The Morgan fingerprint density at radius 2 is 2.16 bits per heavy atom. The van der Waals surface area contributed by atoms with Gasteiger partial charge in [0.2, 0.25) is 5.75 Å². The van der Waals surface area contributed by atoms with Gasteiger partial charge in [-0.1, -0.05) is 11.6 Å². The molecule has 98 valence electrons. The van der Waals surface area contributed by atoms with E-state index in [0.29, 0.717) is 16.6 Å². The number of nitro groups is 1. The van der Waals surface area contributed by atoms with Crippen molar-refractivity contribution >= 4 is 23.1 Å². The molecule has 1 heterocycles. The lowest BCUT2D eigenvalue weighted by Gasteiger charge is -2.07. The van der Waals surface area contributed by atoms with Gasteiger partial charge in [0, 0.05) is 36.5 Å². The smallest absolute Gasteiger partial charge is 0.311 e. The van der Waals surface area contributed by atoms with E-state index in [0.717, 1.165) is 0 Å². The number of anilines is 1. The molecule has 0 radical (unpaired) electrons. The first-order valence-corrected chi connectivity index (χ1v) is 5.73. The summed E-state index contributed by atoms with van der Waals surface area (Å²) in [6, 6.07) is 7.38. The minimum Gasteiger partial charge on any atom is -0.450 e. The van der Waals surface area contributed by atoms with Crippen LogP contribution in [0.4, 0.5) is 11.5 Å². The average molecular weight is 280 g/mol. The lowest BCUT2D eigenvalue weighted by molar-refractivity contribution is -0.385. The number of nitrogens with zero attached hydrogens (tertiary/aromatic N) is 2. The third kappa shape index (κ3) is 3.11. The van der Waals surface area contributed by atoms with Gasteiger partial charge in [0.15, 0.2) is 0 Å². The third-order valence-corrected chi connectivity index (χ3v) is 2.57. The molecule has 0 unspecified atom stereocenters. The molecule has 1 aromatic heterocycles. The molecule has 1 aromatic carbocycles. The summed E-state index contributed by atoms with van der Waals surface area (Å²) in [5, 5.41) is 14.1. The number of nitro benzene ring substituents is 1. The molecule has 6 nitrogen and oxygen atoms in total. The normalized spacial score (nSPS) is 10.0. The number of rotatable bonds is 4. The predicted octanol–water partition coefficient (Wildman–Crippen LogP) is 3.48. The maximum absolute atomic E-state index is 10.9. The van der Waals surface area contributed by atoms with E-state index in [1.807, 2.05) is 0 Å². The van der Waals surface area contributed by atoms with Crippen molar-refractivity contribution in [1.29, 1.82) is 0 Å². The molecule has 0 aliphatic rings. The van der Waals surface area contributed by atoms with Crippen LogP contribution in [0.5, 0.6) is 11.5 Å². The van der Waals surface area contributed by atoms with Gasteiger partial charge in [-0.25, -0.2) is 4.98 Å². The lowest BCUT2D eigenvalue weighted by atomic mass is 10.3. The highest BCUT2D eigenvalue weighted by atomic mass is 35.5. The largest absolute Gasteiger partial charge is 0.450 e. The van der Waals surface area contributed by atoms with Crippen LogP contribution in [-0.4, -0.2) is 17.0 Å². The van der Waals surface area contributed by atoms with E-state index in [-0.39, 0.29) is 11.4 Å². The first-order chi connectivity index (χ1) is 9.10. The lowest BCUT2D eigenvalue weighted by Crippen LogP contribution is -1.95. The maximum Gasteiger partial charge on any atom is 0.311 e. The van der Waals surface area contributed by atoms with Crippen LogP contribution in [0.2, 0.25) is 5.02 Å². The number of aromatic nitrogens is 1. The van der Waals surface area contributed by atoms with E-state index in [1.54, 1.807) is 19.2 Å². The monoisotopic (exact) mass is 279 g/mol. The van der Waals surface area contributed by atoms with Crippen molar-refractivity contribution in [2.75, 3.05) is 12.4 Å². The molecule has 0 saturated carbocycles. The van der Waals surface area contributed by atoms with E-state index < -0.39 is 4.92 Å². The Morgan fingerprint density at radius 3 is 2.84 bits per heavy atom. The van der Waals surface area contributed by atoms with Gasteiger partial charge >= 0.3 is 5.69 Å². The van der Waals surface area contributed by atoms with E-state index >= 15 is 0 Å². The molecule has 0 fully saturated rings. The fourth-order valence-corrected chi connectivity index (χ4v) is 1.62. The topological polar surface area (TPSA) is 77.3 Å². The summed E-state index contributed by atoms with van der Waals surface area (Å²) in [6.07, 6.45) is 1.54. The second-order valence-electron chi connectivity index (χ2n) is 3.60. The van der Waals surface area contributed by atoms with E-state index in [9.17, 15) is 10.1 Å². The van der Waals surface area contributed by atoms with E-state index in [4.69, 9.17) is 16.3 Å². The average Bonchev–Trinajstić information content (AvgIpc) is 2.38. The Bertz CT molecular complexity index is 619. The van der Waals surface area contributed by atoms with Gasteiger partial charge < -0.3 is 10.1 Å². The molecular weight excluding hydrogens is 270 g/mol. The van der Waals surface area contributed by atoms with Crippen LogP contribution in [0.15, 0.2) is 36.5 Å². The predicted molar refractivity (Wildman–Crippen MR) is 72.0 cm³/mol. The zero-order valence-corrected chi connectivity index (χ0v) is 10.7. The summed E-state index contributed by atoms with van der Waals surface area (Å²) in [6.45, 7) is 0. The van der Waals surface area contributed by atoms with Gasteiger partial charge in [-0.2, -0.15) is 0 Å². The van der Waals surface area contributed by atoms with Gasteiger partial charge in [-0.3, -0.25) is 10.1 Å². The summed E-state index contributed by atoms with van der Waals surface area (Å²) in [7, 11) is 1.72. The molecule has 0 spiro atoms. The standard InChI is InChI=1S/C12H10ClN3O3/c1-14-12-7-9(4-5-15-12)19-11-6-8(13)2-3-10(11)16(17)18/h2-7H,1H3,(H,14,15). The molecule has 19 heavy (non-hydrogen) atoms. The highest BCUT2D eigenvalue weighted by Gasteiger charge is 2.16.